The number of nitriles is 1. The van der Waals surface area contributed by atoms with E-state index < -0.39 is 0 Å². The Balaban J connectivity index is 1.74. The zero-order valence-electron chi connectivity index (χ0n) is 12.7. The van der Waals surface area contributed by atoms with Crippen LogP contribution in [0.15, 0.2) is 24.3 Å². The molecule has 1 aliphatic carbocycles. The summed E-state index contributed by atoms with van der Waals surface area (Å²) in [6.07, 6.45) is 5.54. The third-order valence-electron chi connectivity index (χ3n) is 4.32. The lowest BCUT2D eigenvalue weighted by atomic mass is 10.1. The summed E-state index contributed by atoms with van der Waals surface area (Å²) >= 11 is 0. The molecular formula is C17H25N3. The first kappa shape index (κ1) is 15.0. The second kappa shape index (κ2) is 7.42. The molecule has 0 bridgehead atoms. The fourth-order valence-electron chi connectivity index (χ4n) is 2.93. The Morgan fingerprint density at radius 3 is 2.35 bits per heavy atom. The molecule has 3 nitrogen and oxygen atoms in total. The second-order valence-corrected chi connectivity index (χ2v) is 5.97. The van der Waals surface area contributed by atoms with E-state index in [1.807, 2.05) is 12.1 Å². The van der Waals surface area contributed by atoms with Crippen LogP contribution in [-0.2, 0) is 6.54 Å². The van der Waals surface area contributed by atoms with Crippen molar-refractivity contribution in [3.63, 3.8) is 0 Å². The van der Waals surface area contributed by atoms with Crippen LogP contribution in [0.25, 0.3) is 0 Å². The zero-order valence-corrected chi connectivity index (χ0v) is 12.7. The maximum Gasteiger partial charge on any atom is 0.0991 e. The van der Waals surface area contributed by atoms with Crippen molar-refractivity contribution in [3.8, 4) is 6.07 Å². The zero-order chi connectivity index (χ0) is 14.4. The van der Waals surface area contributed by atoms with Crippen LogP contribution in [-0.4, -0.2) is 43.0 Å². The highest BCUT2D eigenvalue weighted by molar-refractivity contribution is 5.31. The molecule has 0 unspecified atom stereocenters. The fraction of sp³-hybridized carbons (Fsp3) is 0.588. The van der Waals surface area contributed by atoms with Gasteiger partial charge in [0.15, 0.2) is 0 Å². The van der Waals surface area contributed by atoms with Gasteiger partial charge in [0.05, 0.1) is 11.6 Å². The van der Waals surface area contributed by atoms with Gasteiger partial charge in [0.25, 0.3) is 0 Å². The van der Waals surface area contributed by atoms with E-state index >= 15 is 0 Å². The standard InChI is InChI=1S/C17H25N3/c1-19(11-12-20(2)17-5-3-4-6-17)14-16-9-7-15(13-18)8-10-16/h7-10,17H,3-6,11-12,14H2,1-2H3. The summed E-state index contributed by atoms with van der Waals surface area (Å²) in [5.74, 6) is 0. The fourth-order valence-corrected chi connectivity index (χ4v) is 2.93. The van der Waals surface area contributed by atoms with Crippen molar-refractivity contribution in [3.05, 3.63) is 35.4 Å². The maximum atomic E-state index is 8.79. The molecule has 2 rings (SSSR count). The molecule has 0 amide bonds. The van der Waals surface area contributed by atoms with Gasteiger partial charge in [0.1, 0.15) is 0 Å². The van der Waals surface area contributed by atoms with Crippen molar-refractivity contribution < 1.29 is 0 Å². The molecule has 20 heavy (non-hydrogen) atoms. The second-order valence-electron chi connectivity index (χ2n) is 5.97. The number of nitrogens with zero attached hydrogens (tertiary/aromatic N) is 3. The van der Waals surface area contributed by atoms with Crippen LogP contribution in [0.5, 0.6) is 0 Å². The molecule has 0 aliphatic heterocycles. The van der Waals surface area contributed by atoms with E-state index in [4.69, 9.17) is 5.26 Å². The van der Waals surface area contributed by atoms with E-state index in [1.165, 1.54) is 31.2 Å². The van der Waals surface area contributed by atoms with Gasteiger partial charge >= 0.3 is 0 Å². The van der Waals surface area contributed by atoms with Crippen LogP contribution in [0.2, 0.25) is 0 Å². The molecule has 108 valence electrons. The van der Waals surface area contributed by atoms with Gasteiger partial charge in [0.2, 0.25) is 0 Å². The normalized spacial score (nSPS) is 15.9. The molecule has 1 aromatic rings. The smallest absolute Gasteiger partial charge is 0.0991 e. The van der Waals surface area contributed by atoms with E-state index in [0.717, 1.165) is 31.2 Å². The molecule has 0 spiro atoms. The lowest BCUT2D eigenvalue weighted by Crippen LogP contribution is -2.36. The first-order valence-electron chi connectivity index (χ1n) is 7.57. The van der Waals surface area contributed by atoms with Gasteiger partial charge in [-0.3, -0.25) is 0 Å². The summed E-state index contributed by atoms with van der Waals surface area (Å²) in [6, 6.07) is 10.9. The van der Waals surface area contributed by atoms with Crippen LogP contribution in [0, 0.1) is 11.3 Å². The van der Waals surface area contributed by atoms with Crippen molar-refractivity contribution in [2.24, 2.45) is 0 Å². The van der Waals surface area contributed by atoms with Crippen LogP contribution in [0.1, 0.15) is 36.8 Å². The molecular weight excluding hydrogens is 246 g/mol. The highest BCUT2D eigenvalue weighted by atomic mass is 15.2. The number of benzene rings is 1. The average molecular weight is 271 g/mol. The van der Waals surface area contributed by atoms with Gasteiger partial charge in [-0.2, -0.15) is 5.26 Å². The SMILES string of the molecule is CN(CCN(C)C1CCCC1)Cc1ccc(C#N)cc1. The Labute approximate surface area is 122 Å². The molecule has 1 fully saturated rings. The predicted octanol–water partition coefficient (Wildman–Crippen LogP) is 2.86. The van der Waals surface area contributed by atoms with Gasteiger partial charge in [-0.05, 0) is 44.6 Å². The summed E-state index contributed by atoms with van der Waals surface area (Å²) < 4.78 is 0. The Bertz CT molecular complexity index is 440. The quantitative estimate of drug-likeness (QED) is 0.797. The minimum Gasteiger partial charge on any atom is -0.302 e. The van der Waals surface area contributed by atoms with Crippen LogP contribution < -0.4 is 0 Å². The topological polar surface area (TPSA) is 30.3 Å². The Kier molecular flexibility index (Phi) is 5.58. The van der Waals surface area contributed by atoms with E-state index in [0.29, 0.717) is 0 Å². The summed E-state index contributed by atoms with van der Waals surface area (Å²) in [7, 11) is 4.42. The van der Waals surface area contributed by atoms with E-state index in [2.05, 4.69) is 42.1 Å². The summed E-state index contributed by atoms with van der Waals surface area (Å²) in [4.78, 5) is 4.87. The molecule has 1 aliphatic rings. The Morgan fingerprint density at radius 2 is 1.75 bits per heavy atom. The first-order valence-corrected chi connectivity index (χ1v) is 7.57. The number of likely N-dealkylation sites (N-methyl/N-ethyl adjacent to an activating group) is 2. The minimum absolute atomic E-state index is 0.734. The number of hydrogen-bond acceptors (Lipinski definition) is 3. The van der Waals surface area contributed by atoms with Crippen molar-refractivity contribution in [1.29, 1.82) is 5.26 Å². The van der Waals surface area contributed by atoms with Crippen LogP contribution in [0.3, 0.4) is 0 Å². The van der Waals surface area contributed by atoms with E-state index in [-0.39, 0.29) is 0 Å². The van der Waals surface area contributed by atoms with Gasteiger partial charge in [-0.1, -0.05) is 25.0 Å². The predicted molar refractivity (Wildman–Crippen MR) is 82.4 cm³/mol. The van der Waals surface area contributed by atoms with Crippen molar-refractivity contribution in [2.75, 3.05) is 27.2 Å². The van der Waals surface area contributed by atoms with Crippen LogP contribution in [0.4, 0.5) is 0 Å². The molecule has 0 radical (unpaired) electrons. The highest BCUT2D eigenvalue weighted by Crippen LogP contribution is 2.22. The summed E-state index contributed by atoms with van der Waals surface area (Å²) in [5, 5.41) is 8.79. The lowest BCUT2D eigenvalue weighted by Gasteiger charge is -2.26. The van der Waals surface area contributed by atoms with Crippen molar-refractivity contribution in [2.45, 2.75) is 38.3 Å². The summed E-state index contributed by atoms with van der Waals surface area (Å²) in [6.45, 7) is 3.18. The van der Waals surface area contributed by atoms with Crippen molar-refractivity contribution in [1.82, 2.24) is 9.80 Å². The van der Waals surface area contributed by atoms with Gasteiger partial charge < -0.3 is 9.80 Å². The molecule has 0 heterocycles. The molecule has 0 N–H and O–H groups in total. The monoisotopic (exact) mass is 271 g/mol. The molecule has 1 aromatic carbocycles. The molecule has 3 heteroatoms. The highest BCUT2D eigenvalue weighted by Gasteiger charge is 2.19. The molecule has 0 atom stereocenters. The molecule has 0 aromatic heterocycles. The number of rotatable bonds is 6. The average Bonchev–Trinajstić information content (AvgIpc) is 3.00. The van der Waals surface area contributed by atoms with E-state index in [9.17, 15) is 0 Å². The molecule has 1 saturated carbocycles. The Hall–Kier alpha value is -1.37. The van der Waals surface area contributed by atoms with Crippen LogP contribution >= 0.6 is 0 Å². The molecule has 0 saturated heterocycles. The minimum atomic E-state index is 0.734. The van der Waals surface area contributed by atoms with E-state index in [1.54, 1.807) is 0 Å². The maximum absolute atomic E-state index is 8.79. The summed E-state index contributed by atoms with van der Waals surface area (Å²) in [5.41, 5.74) is 2.01. The lowest BCUT2D eigenvalue weighted by molar-refractivity contribution is 0.204. The Morgan fingerprint density at radius 1 is 1.10 bits per heavy atom. The largest absolute Gasteiger partial charge is 0.302 e. The number of hydrogen-bond donors (Lipinski definition) is 0. The van der Waals surface area contributed by atoms with Gasteiger partial charge in [-0.15, -0.1) is 0 Å². The van der Waals surface area contributed by atoms with Gasteiger partial charge in [-0.25, -0.2) is 0 Å². The first-order chi connectivity index (χ1) is 9.69. The van der Waals surface area contributed by atoms with Crippen molar-refractivity contribution >= 4 is 0 Å². The third kappa shape index (κ3) is 4.33. The third-order valence-corrected chi connectivity index (χ3v) is 4.32. The van der Waals surface area contributed by atoms with Gasteiger partial charge in [0, 0.05) is 25.7 Å².